The first kappa shape index (κ1) is 37.4. The predicted molar refractivity (Wildman–Crippen MR) is 201 cm³/mol. The van der Waals surface area contributed by atoms with Gasteiger partial charge in [0.2, 0.25) is 0 Å². The summed E-state index contributed by atoms with van der Waals surface area (Å²) in [6, 6.07) is 12.6. The van der Waals surface area contributed by atoms with Crippen LogP contribution in [0.3, 0.4) is 0 Å². The number of aromatic carboxylic acids is 2. The van der Waals surface area contributed by atoms with Gasteiger partial charge in [-0.1, -0.05) is 71.0 Å². The topological polar surface area (TPSA) is 127 Å². The van der Waals surface area contributed by atoms with Crippen molar-refractivity contribution in [1.82, 2.24) is 0 Å². The molecule has 2 aromatic carbocycles. The van der Waals surface area contributed by atoms with Crippen molar-refractivity contribution < 1.29 is 38.9 Å². The Morgan fingerprint density at radius 3 is 1.83 bits per heavy atom. The van der Waals surface area contributed by atoms with Crippen molar-refractivity contribution >= 4 is 23.9 Å². The van der Waals surface area contributed by atoms with Gasteiger partial charge in [-0.3, -0.25) is 0 Å². The summed E-state index contributed by atoms with van der Waals surface area (Å²) >= 11 is 0. The molecule has 5 fully saturated rings. The Kier molecular flexibility index (Phi) is 9.05. The van der Waals surface area contributed by atoms with E-state index in [4.69, 9.17) is 9.47 Å². The third kappa shape index (κ3) is 5.51. The molecule has 2 N–H and O–H groups in total. The molecule has 2 aromatic rings. The van der Waals surface area contributed by atoms with Crippen molar-refractivity contribution in [3.05, 3.63) is 82.9 Å². The van der Waals surface area contributed by atoms with Gasteiger partial charge < -0.3 is 19.7 Å². The summed E-state index contributed by atoms with van der Waals surface area (Å²) in [6.45, 7) is 18.6. The van der Waals surface area contributed by atoms with Crippen molar-refractivity contribution in [1.29, 1.82) is 0 Å². The Hall–Kier alpha value is -3.94. The highest BCUT2D eigenvalue weighted by molar-refractivity contribution is 6.03. The first-order valence-electron chi connectivity index (χ1n) is 19.7. The minimum atomic E-state index is -1.14. The number of esters is 2. The van der Waals surface area contributed by atoms with E-state index in [1.807, 2.05) is 0 Å². The number of carbonyl (C=O) groups is 4. The minimum Gasteiger partial charge on any atom is -0.478 e. The molecule has 284 valence electrons. The first-order valence-corrected chi connectivity index (χ1v) is 19.7. The van der Waals surface area contributed by atoms with Crippen LogP contribution in [-0.4, -0.2) is 45.8 Å². The summed E-state index contributed by atoms with van der Waals surface area (Å²) in [4.78, 5) is 51.3. The maximum Gasteiger partial charge on any atom is 0.339 e. The minimum absolute atomic E-state index is 0.00448. The summed E-state index contributed by atoms with van der Waals surface area (Å²) in [5, 5.41) is 19.6. The van der Waals surface area contributed by atoms with Gasteiger partial charge in [0.05, 0.1) is 22.3 Å². The first-order chi connectivity index (χ1) is 24.9. The molecule has 0 aromatic heterocycles. The fourth-order valence-corrected chi connectivity index (χ4v) is 13.6. The van der Waals surface area contributed by atoms with Gasteiger partial charge in [-0.05, 0) is 135 Å². The van der Waals surface area contributed by atoms with Gasteiger partial charge in [0.15, 0.2) is 0 Å². The number of hydrogen-bond acceptors (Lipinski definition) is 6. The van der Waals surface area contributed by atoms with Gasteiger partial charge in [0.1, 0.15) is 11.7 Å². The number of rotatable bonds is 7. The lowest BCUT2D eigenvalue weighted by atomic mass is 9.33. The molecule has 0 aliphatic heterocycles. The SMILES string of the molecule is C=C(C)C1CCC2(OC(=O)c3ccccc3C(=O)O)CCC3(C)C(CCC4C5(C)CCC(OC(=O)c6ccccc6C(=O)O)C(C)(C)C5CCC43C)C12. The Labute approximate surface area is 313 Å². The molecule has 0 spiro atoms. The Bertz CT molecular complexity index is 1860. The summed E-state index contributed by atoms with van der Waals surface area (Å²) < 4.78 is 12.9. The van der Waals surface area contributed by atoms with Gasteiger partial charge >= 0.3 is 23.9 Å². The van der Waals surface area contributed by atoms with Crippen molar-refractivity contribution in [2.75, 3.05) is 0 Å². The van der Waals surface area contributed by atoms with Gasteiger partial charge in [-0.15, -0.1) is 0 Å². The zero-order chi connectivity index (χ0) is 38.3. The Morgan fingerprint density at radius 1 is 0.660 bits per heavy atom. The zero-order valence-corrected chi connectivity index (χ0v) is 32.2. The molecule has 0 heterocycles. The lowest BCUT2D eigenvalue weighted by Crippen LogP contribution is -2.67. The molecule has 0 bridgehead atoms. The zero-order valence-electron chi connectivity index (χ0n) is 32.2. The predicted octanol–water partition coefficient (Wildman–Crippen LogP) is 9.88. The van der Waals surface area contributed by atoms with Crippen LogP contribution in [-0.2, 0) is 9.47 Å². The van der Waals surface area contributed by atoms with Crippen LogP contribution in [0.15, 0.2) is 60.7 Å². The molecular weight excluding hydrogens is 668 g/mol. The van der Waals surface area contributed by atoms with E-state index >= 15 is 0 Å². The number of carboxylic acid groups (broad SMARTS) is 2. The van der Waals surface area contributed by atoms with E-state index < -0.39 is 29.5 Å². The highest BCUT2D eigenvalue weighted by Crippen LogP contribution is 2.77. The van der Waals surface area contributed by atoms with Crippen molar-refractivity contribution in [2.24, 2.45) is 51.2 Å². The van der Waals surface area contributed by atoms with Crippen LogP contribution >= 0.6 is 0 Å². The lowest BCUT2D eigenvalue weighted by molar-refractivity contribution is -0.253. The quantitative estimate of drug-likeness (QED) is 0.213. The van der Waals surface area contributed by atoms with Crippen LogP contribution in [0.2, 0.25) is 0 Å². The second kappa shape index (κ2) is 12.8. The van der Waals surface area contributed by atoms with E-state index in [1.165, 1.54) is 18.2 Å². The molecule has 10 unspecified atom stereocenters. The van der Waals surface area contributed by atoms with Crippen molar-refractivity contribution in [3.63, 3.8) is 0 Å². The Balaban J connectivity index is 1.17. The average molecular weight is 725 g/mol. The summed E-state index contributed by atoms with van der Waals surface area (Å²) in [6.07, 6.45) is 8.86. The van der Waals surface area contributed by atoms with E-state index in [9.17, 15) is 29.4 Å². The van der Waals surface area contributed by atoms with Crippen LogP contribution in [0.4, 0.5) is 0 Å². The maximum atomic E-state index is 13.9. The molecule has 8 heteroatoms. The maximum absolute atomic E-state index is 13.9. The molecule has 5 aliphatic rings. The number of hydrogen-bond donors (Lipinski definition) is 2. The van der Waals surface area contributed by atoms with Gasteiger partial charge in [0.25, 0.3) is 0 Å². The highest BCUT2D eigenvalue weighted by Gasteiger charge is 2.72. The molecule has 10 atom stereocenters. The van der Waals surface area contributed by atoms with Crippen LogP contribution in [0.5, 0.6) is 0 Å². The molecule has 0 amide bonds. The lowest BCUT2D eigenvalue weighted by Gasteiger charge is -2.72. The van der Waals surface area contributed by atoms with E-state index in [-0.39, 0.29) is 61.9 Å². The summed E-state index contributed by atoms with van der Waals surface area (Å²) in [7, 11) is 0. The van der Waals surface area contributed by atoms with Gasteiger partial charge in [-0.2, -0.15) is 0 Å². The number of carbonyl (C=O) groups excluding carboxylic acids is 2. The fourth-order valence-electron chi connectivity index (χ4n) is 13.6. The monoisotopic (exact) mass is 724 g/mol. The molecule has 5 saturated carbocycles. The van der Waals surface area contributed by atoms with E-state index in [0.29, 0.717) is 17.8 Å². The van der Waals surface area contributed by atoms with Crippen LogP contribution in [0.25, 0.3) is 0 Å². The van der Waals surface area contributed by atoms with Crippen molar-refractivity contribution in [2.45, 2.75) is 117 Å². The number of fused-ring (bicyclic) bond motifs is 7. The summed E-state index contributed by atoms with van der Waals surface area (Å²) in [5.41, 5.74) is 0.351. The van der Waals surface area contributed by atoms with Gasteiger partial charge in [0, 0.05) is 11.3 Å². The standard InChI is InChI=1S/C45H56O8/c1-26(2)27-18-23-45(53-40(51)31-15-11-9-13-29(31)38(48)49)25-24-43(6)32(36(27)45)16-17-34-42(5)21-20-35(41(3,4)33(42)19-22-44(34,43)7)52-39(50)30-14-10-8-12-28(30)37(46)47/h8-15,27,32-36H,1,16-25H2,2-7H3,(H,46,47)(H,48,49). The van der Waals surface area contributed by atoms with Crippen molar-refractivity contribution in [3.8, 4) is 0 Å². The average Bonchev–Trinajstić information content (AvgIpc) is 3.49. The van der Waals surface area contributed by atoms with E-state index in [2.05, 4.69) is 48.1 Å². The van der Waals surface area contributed by atoms with Crippen LogP contribution in [0, 0.1) is 51.2 Å². The molecule has 5 aliphatic carbocycles. The fraction of sp³-hybridized carbons (Fsp3) is 0.600. The van der Waals surface area contributed by atoms with E-state index in [0.717, 1.165) is 69.8 Å². The molecule has 7 rings (SSSR count). The Morgan fingerprint density at radius 2 is 1.25 bits per heavy atom. The molecule has 8 nitrogen and oxygen atoms in total. The third-order valence-electron chi connectivity index (χ3n) is 16.2. The molecule has 53 heavy (non-hydrogen) atoms. The normalized spacial score (nSPS) is 38.2. The van der Waals surface area contributed by atoms with Crippen LogP contribution < -0.4 is 0 Å². The number of ether oxygens (including phenoxy) is 2. The number of allylic oxidation sites excluding steroid dienone is 1. The smallest absolute Gasteiger partial charge is 0.339 e. The van der Waals surface area contributed by atoms with E-state index in [1.54, 1.807) is 30.3 Å². The number of carboxylic acids is 2. The molecule has 0 radical (unpaired) electrons. The van der Waals surface area contributed by atoms with Gasteiger partial charge in [-0.25, -0.2) is 19.2 Å². The highest BCUT2D eigenvalue weighted by atomic mass is 16.6. The largest absolute Gasteiger partial charge is 0.478 e. The number of benzene rings is 2. The third-order valence-corrected chi connectivity index (χ3v) is 16.2. The second-order valence-electron chi connectivity index (χ2n) is 18.6. The molecule has 0 saturated heterocycles. The van der Waals surface area contributed by atoms with Crippen LogP contribution in [0.1, 0.15) is 147 Å². The summed E-state index contributed by atoms with van der Waals surface area (Å²) in [5.74, 6) is -1.95. The molecular formula is C45H56O8. The second-order valence-corrected chi connectivity index (χ2v) is 18.6.